The maximum Gasteiger partial charge on any atom is 0.0522 e. The van der Waals surface area contributed by atoms with Crippen LogP contribution in [0.15, 0.2) is 6.20 Å². The summed E-state index contributed by atoms with van der Waals surface area (Å²) in [4.78, 5) is 2.86. The van der Waals surface area contributed by atoms with Crippen molar-refractivity contribution in [3.8, 4) is 0 Å². The summed E-state index contributed by atoms with van der Waals surface area (Å²) < 4.78 is 0. The lowest BCUT2D eigenvalue weighted by Crippen LogP contribution is -2.42. The van der Waals surface area contributed by atoms with Crippen LogP contribution in [0.3, 0.4) is 0 Å². The van der Waals surface area contributed by atoms with Gasteiger partial charge in [0.1, 0.15) is 0 Å². The third-order valence-electron chi connectivity index (χ3n) is 5.38. The lowest BCUT2D eigenvalue weighted by molar-refractivity contribution is 0.140. The van der Waals surface area contributed by atoms with E-state index in [0.717, 1.165) is 12.0 Å². The molecule has 3 atom stereocenters. The molecule has 1 N–H and O–H groups in total. The smallest absolute Gasteiger partial charge is 0.0522 e. The maximum atomic E-state index is 4.22. The Bertz CT molecular complexity index is 438. The molecule has 92 valence electrons. The van der Waals surface area contributed by atoms with E-state index in [-0.39, 0.29) is 0 Å². The van der Waals surface area contributed by atoms with Gasteiger partial charge in [0.15, 0.2) is 0 Å². The summed E-state index contributed by atoms with van der Waals surface area (Å²) in [5, 5.41) is 7.48. The molecule has 2 saturated heterocycles. The number of hydrogen-bond donors (Lipinski definition) is 1. The molecule has 3 aliphatic rings. The van der Waals surface area contributed by atoms with E-state index in [1.807, 2.05) is 6.20 Å². The minimum atomic E-state index is 0.548. The van der Waals surface area contributed by atoms with Crippen molar-refractivity contribution < 1.29 is 0 Å². The maximum absolute atomic E-state index is 4.22. The summed E-state index contributed by atoms with van der Waals surface area (Å²) in [6, 6.07) is 0.785. The average Bonchev–Trinajstić information content (AvgIpc) is 2.96. The van der Waals surface area contributed by atoms with Crippen molar-refractivity contribution in [1.29, 1.82) is 0 Å². The van der Waals surface area contributed by atoms with Crippen LogP contribution >= 0.6 is 0 Å². The summed E-state index contributed by atoms with van der Waals surface area (Å²) >= 11 is 0. The first-order chi connectivity index (χ1) is 8.34. The van der Waals surface area contributed by atoms with E-state index in [1.165, 1.54) is 56.3 Å². The van der Waals surface area contributed by atoms with E-state index in [1.54, 1.807) is 0 Å². The first-order valence-electron chi connectivity index (χ1n) is 7.13. The van der Waals surface area contributed by atoms with E-state index in [4.69, 9.17) is 0 Å². The summed E-state index contributed by atoms with van der Waals surface area (Å²) in [5.74, 6) is 0.749. The Labute approximate surface area is 103 Å². The summed E-state index contributed by atoms with van der Waals surface area (Å²) in [7, 11) is 0. The number of rotatable bonds is 2. The van der Waals surface area contributed by atoms with Gasteiger partial charge in [-0.3, -0.25) is 10.00 Å². The van der Waals surface area contributed by atoms with Crippen LogP contribution in [0, 0.1) is 0 Å². The van der Waals surface area contributed by atoms with Crippen LogP contribution in [-0.4, -0.2) is 33.2 Å². The fraction of sp³-hybridized carbons (Fsp3) is 0.786. The Morgan fingerprint density at radius 3 is 3.41 bits per heavy atom. The predicted molar refractivity (Wildman–Crippen MR) is 67.0 cm³/mol. The molecular weight excluding hydrogens is 210 g/mol. The van der Waals surface area contributed by atoms with Gasteiger partial charge in [0.25, 0.3) is 0 Å². The number of nitrogens with one attached hydrogen (secondary N) is 1. The molecule has 1 aliphatic carbocycles. The summed E-state index contributed by atoms with van der Waals surface area (Å²) in [5.41, 5.74) is 3.49. The van der Waals surface area contributed by atoms with Crippen LogP contribution in [0.4, 0.5) is 0 Å². The lowest BCUT2D eigenvalue weighted by atomic mass is 9.85. The molecule has 2 fully saturated rings. The molecule has 0 amide bonds. The lowest BCUT2D eigenvalue weighted by Gasteiger charge is -2.34. The van der Waals surface area contributed by atoms with Crippen LogP contribution in [0.5, 0.6) is 0 Å². The molecule has 0 spiro atoms. The van der Waals surface area contributed by atoms with Gasteiger partial charge in [0, 0.05) is 23.2 Å². The fourth-order valence-electron chi connectivity index (χ4n) is 4.87. The number of aromatic amines is 1. The topological polar surface area (TPSA) is 31.9 Å². The second-order valence-corrected chi connectivity index (χ2v) is 6.16. The predicted octanol–water partition coefficient (Wildman–Crippen LogP) is 2.46. The van der Waals surface area contributed by atoms with Gasteiger partial charge in [-0.2, -0.15) is 5.10 Å². The molecule has 1 aromatic rings. The molecule has 0 radical (unpaired) electrons. The third-order valence-corrected chi connectivity index (χ3v) is 5.38. The Morgan fingerprint density at radius 1 is 1.59 bits per heavy atom. The number of fused-ring (bicyclic) bond motifs is 5. The highest BCUT2D eigenvalue weighted by Crippen LogP contribution is 2.54. The van der Waals surface area contributed by atoms with Crippen molar-refractivity contribution >= 4 is 0 Å². The molecular formula is C14H21N3. The Balaban J connectivity index is 1.71. The minimum absolute atomic E-state index is 0.548. The molecule has 0 saturated carbocycles. The van der Waals surface area contributed by atoms with Crippen LogP contribution in [0.25, 0.3) is 0 Å². The molecule has 3 unspecified atom stereocenters. The van der Waals surface area contributed by atoms with Crippen LogP contribution in [-0.2, 0) is 6.42 Å². The van der Waals surface area contributed by atoms with Gasteiger partial charge in [-0.05, 0) is 44.2 Å². The number of H-pyrrole nitrogens is 1. The third kappa shape index (κ3) is 1.18. The van der Waals surface area contributed by atoms with Crippen molar-refractivity contribution in [2.75, 3.05) is 6.54 Å². The van der Waals surface area contributed by atoms with Gasteiger partial charge >= 0.3 is 0 Å². The minimum Gasteiger partial charge on any atom is -0.294 e. The monoisotopic (exact) mass is 231 g/mol. The highest BCUT2D eigenvalue weighted by molar-refractivity contribution is 5.34. The largest absolute Gasteiger partial charge is 0.294 e. The second-order valence-electron chi connectivity index (χ2n) is 6.16. The van der Waals surface area contributed by atoms with E-state index < -0.39 is 0 Å². The van der Waals surface area contributed by atoms with Gasteiger partial charge in [0.2, 0.25) is 0 Å². The van der Waals surface area contributed by atoms with Crippen molar-refractivity contribution in [3.63, 3.8) is 0 Å². The molecule has 3 heterocycles. The second kappa shape index (κ2) is 3.35. The molecule has 0 bridgehead atoms. The molecule has 4 rings (SSSR count). The normalized spacial score (nSPS) is 39.4. The number of nitrogens with zero attached hydrogens (tertiary/aromatic N) is 2. The number of aromatic nitrogens is 2. The zero-order valence-corrected chi connectivity index (χ0v) is 10.6. The molecule has 1 aromatic heterocycles. The van der Waals surface area contributed by atoms with Crippen LogP contribution in [0.2, 0.25) is 0 Å². The van der Waals surface area contributed by atoms with Crippen molar-refractivity contribution in [2.24, 2.45) is 0 Å². The molecule has 0 aromatic carbocycles. The Kier molecular flexibility index (Phi) is 1.99. The quantitative estimate of drug-likeness (QED) is 0.848. The van der Waals surface area contributed by atoms with Gasteiger partial charge < -0.3 is 0 Å². The highest BCUT2D eigenvalue weighted by atomic mass is 15.3. The first kappa shape index (κ1) is 10.1. The molecule has 17 heavy (non-hydrogen) atoms. The molecule has 2 aliphatic heterocycles. The number of hydrogen-bond acceptors (Lipinski definition) is 2. The zero-order valence-electron chi connectivity index (χ0n) is 10.6. The van der Waals surface area contributed by atoms with E-state index in [2.05, 4.69) is 22.0 Å². The summed E-state index contributed by atoms with van der Waals surface area (Å²) in [6.07, 6.45) is 10.2. The Hall–Kier alpha value is -0.830. The van der Waals surface area contributed by atoms with Gasteiger partial charge in [-0.25, -0.2) is 0 Å². The van der Waals surface area contributed by atoms with Gasteiger partial charge in [-0.1, -0.05) is 13.3 Å². The van der Waals surface area contributed by atoms with E-state index >= 15 is 0 Å². The van der Waals surface area contributed by atoms with Crippen molar-refractivity contribution in [3.05, 3.63) is 17.5 Å². The molecule has 3 heteroatoms. The van der Waals surface area contributed by atoms with Gasteiger partial charge in [0.05, 0.1) is 6.20 Å². The average molecular weight is 231 g/mol. The zero-order chi connectivity index (χ0) is 11.5. The van der Waals surface area contributed by atoms with Crippen LogP contribution < -0.4 is 0 Å². The van der Waals surface area contributed by atoms with Crippen molar-refractivity contribution in [1.82, 2.24) is 15.1 Å². The van der Waals surface area contributed by atoms with Gasteiger partial charge in [-0.15, -0.1) is 0 Å². The fourth-order valence-corrected chi connectivity index (χ4v) is 4.87. The SMILES string of the molecule is CCCC12CCCN1C1Cc3cn[nH]c3C1C2. The standard InChI is InChI=1S/C14H21N3/c1-2-4-14-5-3-6-17(14)12-7-10-9-15-16-13(10)11(12)8-14/h9,11-12H,2-8H2,1H3,(H,15,16). The summed E-state index contributed by atoms with van der Waals surface area (Å²) in [6.45, 7) is 3.67. The Morgan fingerprint density at radius 2 is 2.53 bits per heavy atom. The van der Waals surface area contributed by atoms with Crippen molar-refractivity contribution in [2.45, 2.75) is 62.9 Å². The highest BCUT2D eigenvalue weighted by Gasteiger charge is 2.56. The first-order valence-corrected chi connectivity index (χ1v) is 7.13. The van der Waals surface area contributed by atoms with E-state index in [0.29, 0.717) is 5.54 Å². The van der Waals surface area contributed by atoms with Crippen LogP contribution in [0.1, 0.15) is 56.2 Å². The molecule has 3 nitrogen and oxygen atoms in total. The van der Waals surface area contributed by atoms with E-state index in [9.17, 15) is 0 Å².